The highest BCUT2D eigenvalue weighted by molar-refractivity contribution is 7.92. The van der Waals surface area contributed by atoms with Gasteiger partial charge in [0.25, 0.3) is 10.0 Å². The molecule has 0 bridgehead atoms. The highest BCUT2D eigenvalue weighted by atomic mass is 32.2. The number of rotatable bonds is 6. The molecule has 0 fully saturated rings. The van der Waals surface area contributed by atoms with E-state index >= 15 is 0 Å². The number of sulfonamides is 1. The second-order valence-electron chi connectivity index (χ2n) is 6.18. The molecule has 0 aliphatic rings. The van der Waals surface area contributed by atoms with Gasteiger partial charge in [-0.25, -0.2) is 12.7 Å². The molecule has 140 valence electrons. The van der Waals surface area contributed by atoms with Crippen molar-refractivity contribution in [2.45, 2.75) is 24.8 Å². The normalized spacial score (nSPS) is 11.6. The standard InChI is InChI=1S/C21H19F2NO2S/c1-16-11-13-19(14-12-16)27(25,26)24(21(22)23)20-10-6-5-9-18(20)15-17-7-3-2-4-8-17/h2-14,21H,15H2,1H3. The minimum atomic E-state index is -4.40. The SMILES string of the molecule is Cc1ccc(S(=O)(=O)N(c2ccccc2Cc2ccccc2)C(F)F)cc1. The van der Waals surface area contributed by atoms with Gasteiger partial charge in [-0.1, -0.05) is 66.2 Å². The Labute approximate surface area is 157 Å². The van der Waals surface area contributed by atoms with Gasteiger partial charge in [-0.15, -0.1) is 0 Å². The molecular weight excluding hydrogens is 368 g/mol. The molecule has 0 aliphatic heterocycles. The fraction of sp³-hybridized carbons (Fsp3) is 0.143. The van der Waals surface area contributed by atoms with E-state index in [1.54, 1.807) is 37.3 Å². The largest absolute Gasteiger partial charge is 0.328 e. The van der Waals surface area contributed by atoms with Gasteiger partial charge in [-0.2, -0.15) is 8.78 Å². The Morgan fingerprint density at radius 1 is 0.852 bits per heavy atom. The summed E-state index contributed by atoms with van der Waals surface area (Å²) in [4.78, 5) is -0.164. The van der Waals surface area contributed by atoms with Crippen molar-refractivity contribution in [3.63, 3.8) is 0 Å². The molecule has 0 saturated carbocycles. The van der Waals surface area contributed by atoms with Crippen LogP contribution in [0.25, 0.3) is 0 Å². The van der Waals surface area contributed by atoms with Crippen molar-refractivity contribution in [1.29, 1.82) is 0 Å². The molecule has 0 aromatic heterocycles. The van der Waals surface area contributed by atoms with Crippen LogP contribution in [0, 0.1) is 6.92 Å². The van der Waals surface area contributed by atoms with Crippen LogP contribution in [0.15, 0.2) is 83.8 Å². The quantitative estimate of drug-likeness (QED) is 0.558. The van der Waals surface area contributed by atoms with Crippen molar-refractivity contribution in [2.75, 3.05) is 4.31 Å². The fourth-order valence-electron chi connectivity index (χ4n) is 2.85. The zero-order chi connectivity index (χ0) is 19.4. The molecule has 27 heavy (non-hydrogen) atoms. The Morgan fingerprint density at radius 2 is 1.44 bits per heavy atom. The van der Waals surface area contributed by atoms with Gasteiger partial charge in [0.15, 0.2) is 0 Å². The number of halogens is 2. The van der Waals surface area contributed by atoms with Gasteiger partial charge in [0.05, 0.1) is 10.6 Å². The first kappa shape index (κ1) is 19.0. The summed E-state index contributed by atoms with van der Waals surface area (Å²) in [7, 11) is -4.40. The molecule has 0 aliphatic carbocycles. The van der Waals surface area contributed by atoms with Gasteiger partial charge < -0.3 is 0 Å². The van der Waals surface area contributed by atoms with Gasteiger partial charge in [-0.05, 0) is 42.7 Å². The molecule has 0 heterocycles. The maximum absolute atomic E-state index is 13.9. The number of anilines is 1. The average molecular weight is 387 g/mol. The zero-order valence-electron chi connectivity index (χ0n) is 14.7. The second kappa shape index (κ2) is 7.88. The van der Waals surface area contributed by atoms with E-state index in [0.29, 0.717) is 12.0 Å². The second-order valence-corrected chi connectivity index (χ2v) is 8.00. The number of hydrogen-bond acceptors (Lipinski definition) is 2. The lowest BCUT2D eigenvalue weighted by Gasteiger charge is -2.25. The highest BCUT2D eigenvalue weighted by Crippen LogP contribution is 2.31. The molecule has 0 atom stereocenters. The number of para-hydroxylation sites is 1. The smallest absolute Gasteiger partial charge is 0.206 e. The summed E-state index contributed by atoms with van der Waals surface area (Å²) in [6.07, 6.45) is 0.351. The first-order valence-electron chi connectivity index (χ1n) is 8.40. The fourth-order valence-corrected chi connectivity index (χ4v) is 4.21. The van der Waals surface area contributed by atoms with Crippen molar-refractivity contribution < 1.29 is 17.2 Å². The number of alkyl halides is 2. The summed E-state index contributed by atoms with van der Waals surface area (Å²) >= 11 is 0. The number of nitrogens with zero attached hydrogens (tertiary/aromatic N) is 1. The van der Waals surface area contributed by atoms with E-state index in [2.05, 4.69) is 0 Å². The van der Waals surface area contributed by atoms with Crippen LogP contribution in [0.5, 0.6) is 0 Å². The zero-order valence-corrected chi connectivity index (χ0v) is 15.5. The molecule has 0 radical (unpaired) electrons. The van der Waals surface area contributed by atoms with Crippen LogP contribution in [-0.4, -0.2) is 15.0 Å². The molecule has 0 unspecified atom stereocenters. The van der Waals surface area contributed by atoms with E-state index in [9.17, 15) is 17.2 Å². The first-order valence-corrected chi connectivity index (χ1v) is 9.84. The summed E-state index contributed by atoms with van der Waals surface area (Å²) in [6, 6.07) is 21.5. The van der Waals surface area contributed by atoms with Crippen molar-refractivity contribution in [3.8, 4) is 0 Å². The summed E-state index contributed by atoms with van der Waals surface area (Å²) in [5.41, 5.74) is 2.26. The summed E-state index contributed by atoms with van der Waals surface area (Å²) in [5, 5.41) is 0. The van der Waals surface area contributed by atoms with Crippen LogP contribution in [0.2, 0.25) is 0 Å². The molecule has 0 spiro atoms. The third-order valence-corrected chi connectivity index (χ3v) is 5.96. The van der Waals surface area contributed by atoms with E-state index in [1.165, 1.54) is 18.2 Å². The Bertz CT molecular complexity index is 1000. The van der Waals surface area contributed by atoms with Gasteiger partial charge in [-0.3, -0.25) is 0 Å². The minimum Gasteiger partial charge on any atom is -0.206 e. The molecule has 0 amide bonds. The maximum Gasteiger partial charge on any atom is 0.328 e. The van der Waals surface area contributed by atoms with Gasteiger partial charge in [0.1, 0.15) is 0 Å². The molecule has 3 nitrogen and oxygen atoms in total. The van der Waals surface area contributed by atoms with Crippen LogP contribution < -0.4 is 4.31 Å². The topological polar surface area (TPSA) is 37.4 Å². The molecule has 0 saturated heterocycles. The van der Waals surface area contributed by atoms with E-state index in [-0.39, 0.29) is 14.9 Å². The lowest BCUT2D eigenvalue weighted by Crippen LogP contribution is -2.36. The van der Waals surface area contributed by atoms with Gasteiger partial charge in [0.2, 0.25) is 0 Å². The Morgan fingerprint density at radius 3 is 2.07 bits per heavy atom. The van der Waals surface area contributed by atoms with Crippen LogP contribution in [0.4, 0.5) is 14.5 Å². The number of aryl methyl sites for hydroxylation is 1. The predicted molar refractivity (Wildman–Crippen MR) is 103 cm³/mol. The van der Waals surface area contributed by atoms with Crippen molar-refractivity contribution in [1.82, 2.24) is 0 Å². The first-order chi connectivity index (χ1) is 12.9. The Balaban J connectivity index is 2.07. The lowest BCUT2D eigenvalue weighted by molar-refractivity contribution is 0.161. The van der Waals surface area contributed by atoms with E-state index in [4.69, 9.17) is 0 Å². The molecule has 3 rings (SSSR count). The van der Waals surface area contributed by atoms with Crippen molar-refractivity contribution >= 4 is 15.7 Å². The van der Waals surface area contributed by atoms with E-state index in [0.717, 1.165) is 11.1 Å². The maximum atomic E-state index is 13.9. The molecule has 6 heteroatoms. The molecule has 3 aromatic carbocycles. The molecular formula is C21H19F2NO2S. The molecule has 3 aromatic rings. The van der Waals surface area contributed by atoms with Crippen LogP contribution >= 0.6 is 0 Å². The predicted octanol–water partition coefficient (Wildman–Crippen LogP) is 5.00. The van der Waals surface area contributed by atoms with E-state index in [1.807, 2.05) is 30.3 Å². The van der Waals surface area contributed by atoms with Crippen molar-refractivity contribution in [3.05, 3.63) is 95.6 Å². The summed E-state index contributed by atoms with van der Waals surface area (Å²) in [5.74, 6) is 0. The van der Waals surface area contributed by atoms with Gasteiger partial charge in [0, 0.05) is 0 Å². The summed E-state index contributed by atoms with van der Waals surface area (Å²) < 4.78 is 53.9. The monoisotopic (exact) mass is 387 g/mol. The van der Waals surface area contributed by atoms with Crippen molar-refractivity contribution in [2.24, 2.45) is 0 Å². The van der Waals surface area contributed by atoms with Crippen LogP contribution in [-0.2, 0) is 16.4 Å². The van der Waals surface area contributed by atoms with E-state index < -0.39 is 16.6 Å². The Kier molecular flexibility index (Phi) is 5.56. The lowest BCUT2D eigenvalue weighted by atomic mass is 10.0. The molecule has 0 N–H and O–H groups in total. The Hall–Kier alpha value is -2.73. The highest BCUT2D eigenvalue weighted by Gasteiger charge is 2.33. The third kappa shape index (κ3) is 4.17. The number of benzene rings is 3. The summed E-state index contributed by atoms with van der Waals surface area (Å²) in [6.45, 7) is -1.40. The third-order valence-electron chi connectivity index (χ3n) is 4.22. The van der Waals surface area contributed by atoms with Crippen LogP contribution in [0.3, 0.4) is 0 Å². The average Bonchev–Trinajstić information content (AvgIpc) is 2.64. The minimum absolute atomic E-state index is 0.0167. The van der Waals surface area contributed by atoms with Gasteiger partial charge >= 0.3 is 6.55 Å². The number of hydrogen-bond donors (Lipinski definition) is 0. The van der Waals surface area contributed by atoms with Crippen LogP contribution in [0.1, 0.15) is 16.7 Å².